The normalized spacial score (nSPS) is 12.7. The number of hydrogen-bond acceptors (Lipinski definition) is 6. The van der Waals surface area contributed by atoms with E-state index in [1.54, 1.807) is 0 Å². The van der Waals surface area contributed by atoms with Gasteiger partial charge in [-0.15, -0.1) is 0 Å². The summed E-state index contributed by atoms with van der Waals surface area (Å²) in [5, 5.41) is 0. The van der Waals surface area contributed by atoms with Crippen molar-refractivity contribution in [3.8, 4) is 0 Å². The quantitative estimate of drug-likeness (QED) is 0.527. The van der Waals surface area contributed by atoms with E-state index in [2.05, 4.69) is 4.43 Å². The molecule has 0 aliphatic heterocycles. The van der Waals surface area contributed by atoms with Gasteiger partial charge in [0.15, 0.2) is 0 Å². The van der Waals surface area contributed by atoms with Gasteiger partial charge in [0.2, 0.25) is 0 Å². The molecule has 14 heavy (non-hydrogen) atoms. The SMILES string of the molecule is CC(C)(C)CO[Si](O)(O)OC(=O)CN. The fourth-order valence-electron chi connectivity index (χ4n) is 0.530. The van der Waals surface area contributed by atoms with Crippen LogP contribution >= 0.6 is 0 Å². The molecule has 0 saturated carbocycles. The lowest BCUT2D eigenvalue weighted by atomic mass is 9.99. The summed E-state index contributed by atoms with van der Waals surface area (Å²) in [7, 11) is -4.33. The maximum Gasteiger partial charge on any atom is 0.746 e. The zero-order chi connectivity index (χ0) is 11.4. The molecule has 0 rings (SSSR count). The number of carbonyl (C=O) groups is 1. The van der Waals surface area contributed by atoms with Gasteiger partial charge in [-0.05, 0) is 5.41 Å². The van der Waals surface area contributed by atoms with Crippen molar-refractivity contribution in [1.29, 1.82) is 0 Å². The van der Waals surface area contributed by atoms with Crippen LogP contribution in [0.5, 0.6) is 0 Å². The predicted molar refractivity (Wildman–Crippen MR) is 50.7 cm³/mol. The van der Waals surface area contributed by atoms with Crippen molar-refractivity contribution in [2.24, 2.45) is 11.1 Å². The largest absolute Gasteiger partial charge is 0.746 e. The van der Waals surface area contributed by atoms with Crippen LogP contribution in [0.3, 0.4) is 0 Å². The van der Waals surface area contributed by atoms with Gasteiger partial charge in [0.25, 0.3) is 0 Å². The van der Waals surface area contributed by atoms with E-state index in [-0.39, 0.29) is 12.0 Å². The van der Waals surface area contributed by atoms with Gasteiger partial charge in [-0.2, -0.15) is 0 Å². The standard InChI is InChI=1S/C7H17NO5Si/c1-7(2,3)5-12-14(10,11)13-6(9)4-8/h10-11H,4-5,8H2,1-3H3. The summed E-state index contributed by atoms with van der Waals surface area (Å²) in [6, 6.07) is 0. The minimum Gasteiger partial charge on any atom is -0.451 e. The van der Waals surface area contributed by atoms with Gasteiger partial charge >= 0.3 is 15.0 Å². The minimum atomic E-state index is -4.33. The average molecular weight is 223 g/mol. The molecule has 0 saturated heterocycles. The summed E-state index contributed by atoms with van der Waals surface area (Å²) >= 11 is 0. The Bertz CT molecular complexity index is 201. The molecule has 0 spiro atoms. The second-order valence-electron chi connectivity index (χ2n) is 4.08. The van der Waals surface area contributed by atoms with Crippen molar-refractivity contribution < 1.29 is 23.2 Å². The fourth-order valence-corrected chi connectivity index (χ4v) is 1.59. The zero-order valence-electron chi connectivity index (χ0n) is 8.61. The highest BCUT2D eigenvalue weighted by Gasteiger charge is 2.42. The van der Waals surface area contributed by atoms with Crippen LogP contribution in [0, 0.1) is 5.41 Å². The zero-order valence-corrected chi connectivity index (χ0v) is 9.61. The van der Waals surface area contributed by atoms with Crippen LogP contribution in [-0.2, 0) is 13.6 Å². The first-order chi connectivity index (χ1) is 6.16. The molecule has 0 atom stereocenters. The van der Waals surface area contributed by atoms with Crippen molar-refractivity contribution in [2.75, 3.05) is 13.2 Å². The Morgan fingerprint density at radius 3 is 2.29 bits per heavy atom. The van der Waals surface area contributed by atoms with Gasteiger partial charge in [-0.1, -0.05) is 20.8 Å². The van der Waals surface area contributed by atoms with Crippen molar-refractivity contribution in [3.63, 3.8) is 0 Å². The molecule has 6 nitrogen and oxygen atoms in total. The molecule has 0 amide bonds. The molecule has 0 aromatic rings. The van der Waals surface area contributed by atoms with Crippen LogP contribution in [0.15, 0.2) is 0 Å². The molecule has 0 aliphatic rings. The van der Waals surface area contributed by atoms with Crippen molar-refractivity contribution in [1.82, 2.24) is 0 Å². The molecular weight excluding hydrogens is 206 g/mol. The molecule has 0 radical (unpaired) electrons. The van der Waals surface area contributed by atoms with Crippen LogP contribution in [0.25, 0.3) is 0 Å². The van der Waals surface area contributed by atoms with Crippen molar-refractivity contribution >= 4 is 15.0 Å². The third-order valence-electron chi connectivity index (χ3n) is 1.11. The van der Waals surface area contributed by atoms with Gasteiger partial charge in [0.05, 0.1) is 6.54 Å². The summed E-state index contributed by atoms with van der Waals surface area (Å²) in [6.45, 7) is 5.23. The Kier molecular flexibility index (Phi) is 4.69. The van der Waals surface area contributed by atoms with Gasteiger partial charge < -0.3 is 24.2 Å². The molecular formula is C7H17NO5Si. The second-order valence-corrected chi connectivity index (χ2v) is 5.67. The summed E-state index contributed by atoms with van der Waals surface area (Å²) in [5.41, 5.74) is 4.69. The highest BCUT2D eigenvalue weighted by atomic mass is 28.4. The number of nitrogens with two attached hydrogens (primary N) is 1. The van der Waals surface area contributed by atoms with Crippen LogP contribution in [0.2, 0.25) is 0 Å². The van der Waals surface area contributed by atoms with Gasteiger partial charge in [-0.3, -0.25) is 4.79 Å². The third-order valence-corrected chi connectivity index (χ3v) is 2.12. The van der Waals surface area contributed by atoms with Gasteiger partial charge in [0, 0.05) is 6.61 Å². The van der Waals surface area contributed by atoms with E-state index in [1.165, 1.54) is 0 Å². The van der Waals surface area contributed by atoms with Crippen LogP contribution in [0.1, 0.15) is 20.8 Å². The van der Waals surface area contributed by atoms with Crippen molar-refractivity contribution in [2.45, 2.75) is 20.8 Å². The molecule has 0 bridgehead atoms. The van der Waals surface area contributed by atoms with Crippen LogP contribution in [0.4, 0.5) is 0 Å². The Morgan fingerprint density at radius 1 is 1.43 bits per heavy atom. The lowest BCUT2D eigenvalue weighted by Crippen LogP contribution is -2.47. The third kappa shape index (κ3) is 6.98. The maximum atomic E-state index is 10.6. The van der Waals surface area contributed by atoms with E-state index in [4.69, 9.17) is 19.8 Å². The molecule has 4 N–H and O–H groups in total. The molecule has 0 aromatic carbocycles. The van der Waals surface area contributed by atoms with E-state index in [0.717, 1.165) is 0 Å². The Morgan fingerprint density at radius 2 is 1.93 bits per heavy atom. The maximum absolute atomic E-state index is 10.6. The predicted octanol–water partition coefficient (Wildman–Crippen LogP) is -1.03. The molecule has 0 aromatic heterocycles. The molecule has 0 fully saturated rings. The average Bonchev–Trinajstić information content (AvgIpc) is 1.99. The first kappa shape index (κ1) is 13.5. The van der Waals surface area contributed by atoms with E-state index < -0.39 is 21.6 Å². The van der Waals surface area contributed by atoms with E-state index in [0.29, 0.717) is 0 Å². The summed E-state index contributed by atoms with van der Waals surface area (Å²) in [5.74, 6) is -0.893. The molecule has 7 heteroatoms. The molecule has 84 valence electrons. The topological polar surface area (TPSA) is 102 Å². The van der Waals surface area contributed by atoms with Gasteiger partial charge in [-0.25, -0.2) is 0 Å². The second kappa shape index (κ2) is 4.85. The Hall–Kier alpha value is -0.473. The highest BCUT2D eigenvalue weighted by Crippen LogP contribution is 2.15. The van der Waals surface area contributed by atoms with Crippen molar-refractivity contribution in [3.05, 3.63) is 0 Å². The Balaban J connectivity index is 4.01. The molecule has 0 aliphatic carbocycles. The highest BCUT2D eigenvalue weighted by molar-refractivity contribution is 6.52. The number of hydrogen-bond donors (Lipinski definition) is 3. The molecule has 0 unspecified atom stereocenters. The minimum absolute atomic E-state index is 0.0874. The molecule has 0 heterocycles. The Labute approximate surface area is 84.1 Å². The smallest absolute Gasteiger partial charge is 0.451 e. The lowest BCUT2D eigenvalue weighted by molar-refractivity contribution is -0.140. The summed E-state index contributed by atoms with van der Waals surface area (Å²) in [6.07, 6.45) is 0. The summed E-state index contributed by atoms with van der Waals surface area (Å²) in [4.78, 5) is 28.9. The van der Waals surface area contributed by atoms with E-state index in [1.807, 2.05) is 20.8 Å². The number of carbonyl (C=O) groups excluding carboxylic acids is 1. The first-order valence-corrected chi connectivity index (χ1v) is 5.88. The van der Waals surface area contributed by atoms with Crippen LogP contribution in [-0.4, -0.2) is 37.8 Å². The van der Waals surface area contributed by atoms with Gasteiger partial charge in [0.1, 0.15) is 0 Å². The monoisotopic (exact) mass is 223 g/mol. The summed E-state index contributed by atoms with van der Waals surface area (Å²) < 4.78 is 8.96. The number of rotatable bonds is 4. The van der Waals surface area contributed by atoms with E-state index >= 15 is 0 Å². The fraction of sp³-hybridized carbons (Fsp3) is 0.857. The lowest BCUT2D eigenvalue weighted by Gasteiger charge is -2.22. The van der Waals surface area contributed by atoms with E-state index in [9.17, 15) is 4.79 Å². The van der Waals surface area contributed by atoms with Crippen LogP contribution < -0.4 is 5.73 Å². The first-order valence-electron chi connectivity index (χ1n) is 4.17.